The Morgan fingerprint density at radius 1 is 0.839 bits per heavy atom. The van der Waals surface area contributed by atoms with E-state index >= 15 is 0 Å². The maximum atomic E-state index is 12.8. The van der Waals surface area contributed by atoms with Gasteiger partial charge in [-0.2, -0.15) is 26.3 Å². The third-order valence-corrected chi connectivity index (χ3v) is 5.44. The fraction of sp³-hybridized carbons (Fsp3) is 0.409. The number of hydrogen-bond donors (Lipinski definition) is 2. The average Bonchev–Trinajstić information content (AvgIpc) is 2.72. The molecule has 31 heavy (non-hydrogen) atoms. The quantitative estimate of drug-likeness (QED) is 0.545. The first-order valence-corrected chi connectivity index (χ1v) is 9.91. The highest BCUT2D eigenvalue weighted by molar-refractivity contribution is 5.94. The Hall–Kier alpha value is -2.71. The van der Waals surface area contributed by atoms with E-state index in [4.69, 9.17) is 0 Å². The fourth-order valence-electron chi connectivity index (χ4n) is 3.66. The highest BCUT2D eigenvalue weighted by Crippen LogP contribution is 2.31. The molecule has 0 spiro atoms. The van der Waals surface area contributed by atoms with Gasteiger partial charge >= 0.3 is 12.4 Å². The van der Waals surface area contributed by atoms with Crippen molar-refractivity contribution < 1.29 is 31.1 Å². The summed E-state index contributed by atoms with van der Waals surface area (Å²) in [6, 6.07) is 9.05. The lowest BCUT2D eigenvalue weighted by Gasteiger charge is -2.29. The molecule has 2 aromatic carbocycles. The highest BCUT2D eigenvalue weighted by Gasteiger charge is 2.31. The molecule has 0 aliphatic heterocycles. The Morgan fingerprint density at radius 3 is 2.03 bits per heavy atom. The smallest absolute Gasteiger partial charge is 0.385 e. The molecule has 1 saturated carbocycles. The molecular weight excluding hydrogens is 422 g/mol. The van der Waals surface area contributed by atoms with Crippen molar-refractivity contribution in [1.82, 2.24) is 5.32 Å². The molecule has 0 heterocycles. The van der Waals surface area contributed by atoms with Gasteiger partial charge in [0.1, 0.15) is 0 Å². The van der Waals surface area contributed by atoms with E-state index in [0.717, 1.165) is 37.1 Å². The lowest BCUT2D eigenvalue weighted by Crippen LogP contribution is -2.38. The van der Waals surface area contributed by atoms with Gasteiger partial charge in [0.15, 0.2) is 0 Å². The zero-order valence-corrected chi connectivity index (χ0v) is 16.5. The van der Waals surface area contributed by atoms with Crippen LogP contribution in [0.3, 0.4) is 0 Å². The number of hydrogen-bond acceptors (Lipinski definition) is 2. The summed E-state index contributed by atoms with van der Waals surface area (Å²) in [6.07, 6.45) is -5.92. The molecule has 0 saturated heterocycles. The van der Waals surface area contributed by atoms with Gasteiger partial charge in [0.2, 0.25) is 0 Å². The summed E-state index contributed by atoms with van der Waals surface area (Å²) in [5, 5.41) is 5.93. The van der Waals surface area contributed by atoms with Crippen molar-refractivity contribution in [2.45, 2.75) is 44.1 Å². The number of rotatable bonds is 5. The molecule has 0 atom stereocenters. The monoisotopic (exact) mass is 444 g/mol. The van der Waals surface area contributed by atoms with Crippen LogP contribution in [-0.2, 0) is 12.4 Å². The molecule has 9 heteroatoms. The van der Waals surface area contributed by atoms with Crippen molar-refractivity contribution in [3.05, 3.63) is 65.2 Å². The zero-order valence-electron chi connectivity index (χ0n) is 16.5. The van der Waals surface area contributed by atoms with Crippen molar-refractivity contribution in [3.63, 3.8) is 0 Å². The molecule has 1 aliphatic rings. The van der Waals surface area contributed by atoms with Crippen LogP contribution in [-0.4, -0.2) is 18.5 Å². The summed E-state index contributed by atoms with van der Waals surface area (Å²) >= 11 is 0. The van der Waals surface area contributed by atoms with Crippen LogP contribution in [0.5, 0.6) is 0 Å². The molecule has 3 nitrogen and oxygen atoms in total. The SMILES string of the molecule is O=C(N[C@H]1CC[C@H](CNc2ccc(C(F)(F)F)cc2)CC1)c1cccc(C(F)(F)F)c1. The molecule has 0 aromatic heterocycles. The number of carbonyl (C=O) groups excluding carboxylic acids is 1. The van der Waals surface area contributed by atoms with Gasteiger partial charge in [-0.15, -0.1) is 0 Å². The first-order valence-electron chi connectivity index (χ1n) is 9.91. The van der Waals surface area contributed by atoms with E-state index in [9.17, 15) is 31.1 Å². The lowest BCUT2D eigenvalue weighted by molar-refractivity contribution is -0.138. The minimum Gasteiger partial charge on any atom is -0.385 e. The van der Waals surface area contributed by atoms with Gasteiger partial charge in [-0.25, -0.2) is 0 Å². The molecule has 3 rings (SSSR count). The number of carbonyl (C=O) groups is 1. The Bertz CT molecular complexity index is 884. The van der Waals surface area contributed by atoms with E-state index in [1.165, 1.54) is 24.3 Å². The van der Waals surface area contributed by atoms with E-state index in [-0.39, 0.29) is 11.6 Å². The molecule has 2 N–H and O–H groups in total. The van der Waals surface area contributed by atoms with Crippen molar-refractivity contribution >= 4 is 11.6 Å². The van der Waals surface area contributed by atoms with E-state index in [1.54, 1.807) is 0 Å². The predicted octanol–water partition coefficient (Wildman–Crippen LogP) is 6.12. The van der Waals surface area contributed by atoms with Crippen LogP contribution in [0, 0.1) is 5.92 Å². The van der Waals surface area contributed by atoms with E-state index in [0.29, 0.717) is 31.0 Å². The van der Waals surface area contributed by atoms with E-state index < -0.39 is 29.4 Å². The molecule has 2 aromatic rings. The van der Waals surface area contributed by atoms with Crippen LogP contribution < -0.4 is 10.6 Å². The van der Waals surface area contributed by atoms with Crippen LogP contribution in [0.4, 0.5) is 32.0 Å². The lowest BCUT2D eigenvalue weighted by atomic mass is 9.86. The van der Waals surface area contributed by atoms with E-state index in [1.807, 2.05) is 0 Å². The molecule has 1 aliphatic carbocycles. The Balaban J connectivity index is 1.45. The van der Waals surface area contributed by atoms with Gasteiger partial charge in [0.05, 0.1) is 11.1 Å². The van der Waals surface area contributed by atoms with Crippen LogP contribution in [0.1, 0.15) is 47.2 Å². The number of anilines is 1. The standard InChI is InChI=1S/C22H22F6N2O/c23-21(24,25)16-6-10-18(11-7-16)29-13-14-4-8-19(9-5-14)30-20(31)15-2-1-3-17(12-15)22(26,27)28/h1-3,6-7,10-12,14,19,29H,4-5,8-9,13H2,(H,30,31)/t14-,19-. The van der Waals surface area contributed by atoms with Crippen molar-refractivity contribution in [2.75, 3.05) is 11.9 Å². The number of amides is 1. The van der Waals surface area contributed by atoms with Crippen molar-refractivity contribution in [1.29, 1.82) is 0 Å². The second-order valence-corrected chi connectivity index (χ2v) is 7.73. The van der Waals surface area contributed by atoms with Gasteiger partial charge in [-0.05, 0) is 74.1 Å². The summed E-state index contributed by atoms with van der Waals surface area (Å²) in [5.74, 6) is -0.235. The molecule has 1 fully saturated rings. The first-order chi connectivity index (χ1) is 14.5. The predicted molar refractivity (Wildman–Crippen MR) is 105 cm³/mol. The van der Waals surface area contributed by atoms with Crippen molar-refractivity contribution in [3.8, 4) is 0 Å². The van der Waals surface area contributed by atoms with Gasteiger partial charge in [-0.3, -0.25) is 4.79 Å². The summed E-state index contributed by atoms with van der Waals surface area (Å²) < 4.78 is 76.2. The zero-order chi connectivity index (χ0) is 22.6. The largest absolute Gasteiger partial charge is 0.416 e. The van der Waals surface area contributed by atoms with Crippen LogP contribution in [0.25, 0.3) is 0 Å². The Labute approximate surface area is 175 Å². The normalized spacial score (nSPS) is 19.7. The molecular formula is C22H22F6N2O. The molecule has 0 radical (unpaired) electrons. The maximum Gasteiger partial charge on any atom is 0.416 e. The first kappa shape index (κ1) is 23.0. The summed E-state index contributed by atoms with van der Waals surface area (Å²) in [5.41, 5.74) is -0.984. The number of halogens is 6. The van der Waals surface area contributed by atoms with Crippen molar-refractivity contribution in [2.24, 2.45) is 5.92 Å². The summed E-state index contributed by atoms with van der Waals surface area (Å²) in [6.45, 7) is 0.597. The number of nitrogens with one attached hydrogen (secondary N) is 2. The maximum absolute atomic E-state index is 12.8. The molecule has 1 amide bonds. The van der Waals surface area contributed by atoms with Gasteiger partial charge in [-0.1, -0.05) is 6.07 Å². The molecule has 0 unspecified atom stereocenters. The Morgan fingerprint density at radius 2 is 1.45 bits per heavy atom. The number of alkyl halides is 6. The fourth-order valence-corrected chi connectivity index (χ4v) is 3.66. The van der Waals surface area contributed by atoms with Crippen LogP contribution in [0.15, 0.2) is 48.5 Å². The van der Waals surface area contributed by atoms with Gasteiger partial charge < -0.3 is 10.6 Å². The second kappa shape index (κ2) is 9.20. The third kappa shape index (κ3) is 6.38. The minimum atomic E-state index is -4.51. The summed E-state index contributed by atoms with van der Waals surface area (Å²) in [7, 11) is 0. The molecule has 0 bridgehead atoms. The summed E-state index contributed by atoms with van der Waals surface area (Å²) in [4.78, 5) is 12.3. The number of benzene rings is 2. The van der Waals surface area contributed by atoms with Crippen LogP contribution >= 0.6 is 0 Å². The third-order valence-electron chi connectivity index (χ3n) is 5.44. The van der Waals surface area contributed by atoms with E-state index in [2.05, 4.69) is 10.6 Å². The minimum absolute atomic E-state index is 0.0269. The van der Waals surface area contributed by atoms with Gasteiger partial charge in [0.25, 0.3) is 5.91 Å². The average molecular weight is 444 g/mol. The topological polar surface area (TPSA) is 41.1 Å². The molecule has 168 valence electrons. The Kier molecular flexibility index (Phi) is 6.81. The van der Waals surface area contributed by atoms with Crippen LogP contribution in [0.2, 0.25) is 0 Å². The second-order valence-electron chi connectivity index (χ2n) is 7.73. The highest BCUT2D eigenvalue weighted by atomic mass is 19.4. The van der Waals surface area contributed by atoms with Gasteiger partial charge in [0, 0.05) is 23.8 Å².